The van der Waals surface area contributed by atoms with Gasteiger partial charge in [0, 0.05) is 35.8 Å². The Bertz CT molecular complexity index is 680. The third-order valence-electron chi connectivity index (χ3n) is 3.26. The minimum Gasteiger partial charge on any atom is -0.328 e. The van der Waals surface area contributed by atoms with Gasteiger partial charge in [-0.3, -0.25) is 4.98 Å². The van der Waals surface area contributed by atoms with E-state index in [4.69, 9.17) is 5.73 Å². The zero-order valence-electron chi connectivity index (χ0n) is 11.4. The molecule has 1 heterocycles. The Morgan fingerprint density at radius 1 is 1.35 bits per heavy atom. The van der Waals surface area contributed by atoms with Crippen LogP contribution in [0.25, 0.3) is 10.8 Å². The van der Waals surface area contributed by atoms with Crippen LogP contribution >= 0.6 is 0 Å². The van der Waals surface area contributed by atoms with Crippen molar-refractivity contribution in [1.29, 1.82) is 0 Å². The van der Waals surface area contributed by atoms with Gasteiger partial charge in [-0.2, -0.15) is 0 Å². The summed E-state index contributed by atoms with van der Waals surface area (Å²) in [6.07, 6.45) is 4.71. The average Bonchev–Trinajstić information content (AvgIpc) is 2.46. The number of benzene rings is 1. The molecule has 108 valence electrons. The normalized spacial score (nSPS) is 13.5. The van der Waals surface area contributed by atoms with Gasteiger partial charge in [0.25, 0.3) is 0 Å². The number of fused-ring (bicyclic) bond motifs is 1. The van der Waals surface area contributed by atoms with Crippen molar-refractivity contribution in [3.63, 3.8) is 0 Å². The van der Waals surface area contributed by atoms with Gasteiger partial charge >= 0.3 is 0 Å². The molecule has 0 fully saturated rings. The molecule has 0 radical (unpaired) electrons. The molecule has 1 aromatic carbocycles. The van der Waals surface area contributed by atoms with Crippen LogP contribution in [0.3, 0.4) is 0 Å². The summed E-state index contributed by atoms with van der Waals surface area (Å²) in [5.41, 5.74) is 5.79. The monoisotopic (exact) mass is 293 g/mol. The maximum atomic E-state index is 12.3. The molecule has 2 rings (SSSR count). The fourth-order valence-corrected chi connectivity index (χ4v) is 3.26. The second-order valence-corrected chi connectivity index (χ2v) is 6.44. The topological polar surface area (TPSA) is 85.1 Å². The lowest BCUT2D eigenvalue weighted by Gasteiger charge is -2.11. The fourth-order valence-electron chi connectivity index (χ4n) is 1.99. The molecule has 1 atom stereocenters. The predicted octanol–water partition coefficient (Wildman–Crippen LogP) is 1.64. The number of rotatable bonds is 6. The van der Waals surface area contributed by atoms with E-state index in [-0.39, 0.29) is 10.9 Å². The Balaban J connectivity index is 2.24. The second-order valence-electron chi connectivity index (χ2n) is 4.71. The number of sulfonamides is 1. The van der Waals surface area contributed by atoms with Crippen LogP contribution in [0.2, 0.25) is 0 Å². The summed E-state index contributed by atoms with van der Waals surface area (Å²) in [5.74, 6) is 0. The van der Waals surface area contributed by atoms with E-state index in [1.165, 1.54) is 0 Å². The van der Waals surface area contributed by atoms with E-state index in [9.17, 15) is 8.42 Å². The summed E-state index contributed by atoms with van der Waals surface area (Å²) in [4.78, 5) is 4.28. The number of nitrogens with zero attached hydrogens (tertiary/aromatic N) is 1. The highest BCUT2D eigenvalue weighted by molar-refractivity contribution is 7.89. The van der Waals surface area contributed by atoms with Crippen LogP contribution in [0, 0.1) is 0 Å². The molecule has 0 spiro atoms. The number of hydrogen-bond acceptors (Lipinski definition) is 4. The first-order chi connectivity index (χ1) is 9.54. The Morgan fingerprint density at radius 3 is 2.90 bits per heavy atom. The molecule has 1 unspecified atom stereocenters. The van der Waals surface area contributed by atoms with Crippen molar-refractivity contribution in [2.45, 2.75) is 30.7 Å². The van der Waals surface area contributed by atoms with E-state index in [1.54, 1.807) is 30.6 Å². The van der Waals surface area contributed by atoms with Crippen molar-refractivity contribution in [1.82, 2.24) is 9.71 Å². The van der Waals surface area contributed by atoms with Crippen molar-refractivity contribution in [3.8, 4) is 0 Å². The zero-order valence-corrected chi connectivity index (χ0v) is 12.2. The lowest BCUT2D eigenvalue weighted by Crippen LogP contribution is -2.30. The van der Waals surface area contributed by atoms with Gasteiger partial charge < -0.3 is 5.73 Å². The smallest absolute Gasteiger partial charge is 0.241 e. The molecule has 5 nitrogen and oxygen atoms in total. The number of hydrogen-bond donors (Lipinski definition) is 2. The van der Waals surface area contributed by atoms with Gasteiger partial charge in [-0.15, -0.1) is 0 Å². The molecule has 1 aromatic heterocycles. The van der Waals surface area contributed by atoms with Crippen LogP contribution in [-0.2, 0) is 10.0 Å². The molecular weight excluding hydrogens is 274 g/mol. The van der Waals surface area contributed by atoms with Crippen LogP contribution in [-0.4, -0.2) is 26.0 Å². The van der Waals surface area contributed by atoms with Gasteiger partial charge in [0.2, 0.25) is 10.0 Å². The summed E-state index contributed by atoms with van der Waals surface area (Å²) in [7, 11) is -3.52. The fraction of sp³-hybridized carbons (Fsp3) is 0.357. The molecule has 0 saturated carbocycles. The number of pyridine rings is 1. The molecule has 6 heteroatoms. The summed E-state index contributed by atoms with van der Waals surface area (Å²) < 4.78 is 27.3. The number of nitrogens with one attached hydrogen (secondary N) is 1. The maximum Gasteiger partial charge on any atom is 0.241 e. The van der Waals surface area contributed by atoms with Crippen LogP contribution in [0.1, 0.15) is 19.8 Å². The first-order valence-electron chi connectivity index (χ1n) is 6.62. The van der Waals surface area contributed by atoms with Crippen LogP contribution in [0.5, 0.6) is 0 Å². The van der Waals surface area contributed by atoms with E-state index < -0.39 is 10.0 Å². The van der Waals surface area contributed by atoms with E-state index in [1.807, 2.05) is 13.0 Å². The molecule has 0 bridgehead atoms. The Morgan fingerprint density at radius 2 is 2.15 bits per heavy atom. The largest absolute Gasteiger partial charge is 0.328 e. The minimum absolute atomic E-state index is 0.0226. The number of aromatic nitrogens is 1. The van der Waals surface area contributed by atoms with E-state index >= 15 is 0 Å². The second kappa shape index (κ2) is 6.30. The molecule has 0 saturated heterocycles. The summed E-state index contributed by atoms with van der Waals surface area (Å²) >= 11 is 0. The SMILES string of the molecule is CCC(N)CCNS(=O)(=O)c1cccc2cnccc12. The average molecular weight is 293 g/mol. The molecule has 3 N–H and O–H groups in total. The van der Waals surface area contributed by atoms with Gasteiger partial charge in [0.1, 0.15) is 0 Å². The highest BCUT2D eigenvalue weighted by Gasteiger charge is 2.16. The Hall–Kier alpha value is -1.50. The van der Waals surface area contributed by atoms with Gasteiger partial charge in [-0.25, -0.2) is 13.1 Å². The Kier molecular flexibility index (Phi) is 4.69. The van der Waals surface area contributed by atoms with Crippen molar-refractivity contribution < 1.29 is 8.42 Å². The van der Waals surface area contributed by atoms with Crippen LogP contribution in [0.15, 0.2) is 41.6 Å². The number of nitrogens with two attached hydrogens (primary N) is 1. The standard InChI is InChI=1S/C14H19N3O2S/c1-2-12(15)6-9-17-20(18,19)14-5-3-4-11-10-16-8-7-13(11)14/h3-5,7-8,10,12,17H,2,6,9,15H2,1H3. The highest BCUT2D eigenvalue weighted by Crippen LogP contribution is 2.21. The van der Waals surface area contributed by atoms with E-state index in [0.29, 0.717) is 18.4 Å². The molecule has 2 aromatic rings. The molecule has 0 aliphatic rings. The van der Waals surface area contributed by atoms with Crippen LogP contribution in [0.4, 0.5) is 0 Å². The van der Waals surface area contributed by atoms with Gasteiger partial charge in [0.05, 0.1) is 4.90 Å². The van der Waals surface area contributed by atoms with Gasteiger partial charge in [-0.05, 0) is 25.0 Å². The van der Waals surface area contributed by atoms with Gasteiger partial charge in [-0.1, -0.05) is 19.1 Å². The first kappa shape index (κ1) is 14.9. The maximum absolute atomic E-state index is 12.3. The summed E-state index contributed by atoms with van der Waals surface area (Å²) in [6.45, 7) is 2.33. The first-order valence-corrected chi connectivity index (χ1v) is 8.11. The van der Waals surface area contributed by atoms with Crippen molar-refractivity contribution >= 4 is 20.8 Å². The molecule has 0 aliphatic heterocycles. The molecule has 20 heavy (non-hydrogen) atoms. The minimum atomic E-state index is -3.52. The zero-order chi connectivity index (χ0) is 14.6. The van der Waals surface area contributed by atoms with Crippen molar-refractivity contribution in [2.24, 2.45) is 5.73 Å². The van der Waals surface area contributed by atoms with Crippen LogP contribution < -0.4 is 10.5 Å². The highest BCUT2D eigenvalue weighted by atomic mass is 32.2. The summed E-state index contributed by atoms with van der Waals surface area (Å²) in [5, 5.41) is 1.48. The van der Waals surface area contributed by atoms with Crippen molar-refractivity contribution in [2.75, 3.05) is 6.54 Å². The quantitative estimate of drug-likeness (QED) is 0.848. The Labute approximate surface area is 119 Å². The third-order valence-corrected chi connectivity index (χ3v) is 4.78. The predicted molar refractivity (Wildman–Crippen MR) is 79.8 cm³/mol. The molecule has 0 aliphatic carbocycles. The van der Waals surface area contributed by atoms with Gasteiger partial charge in [0.15, 0.2) is 0 Å². The lowest BCUT2D eigenvalue weighted by molar-refractivity contribution is 0.558. The molecule has 0 amide bonds. The third kappa shape index (κ3) is 3.33. The lowest BCUT2D eigenvalue weighted by atomic mass is 10.2. The van der Waals surface area contributed by atoms with E-state index in [0.717, 1.165) is 11.8 Å². The summed E-state index contributed by atoms with van der Waals surface area (Å²) in [6, 6.07) is 6.89. The molecular formula is C14H19N3O2S. The van der Waals surface area contributed by atoms with E-state index in [2.05, 4.69) is 9.71 Å². The van der Waals surface area contributed by atoms with Crippen molar-refractivity contribution in [3.05, 3.63) is 36.7 Å².